The Morgan fingerprint density at radius 3 is 2.36 bits per heavy atom. The number of rotatable bonds is 7. The van der Waals surface area contributed by atoms with Crippen molar-refractivity contribution in [3.05, 3.63) is 66.5 Å². The zero-order valence-corrected chi connectivity index (χ0v) is 16.0. The zero-order chi connectivity index (χ0) is 19.9. The average molecular weight is 378 g/mol. The van der Waals surface area contributed by atoms with Gasteiger partial charge in [-0.25, -0.2) is 9.97 Å². The van der Waals surface area contributed by atoms with Crippen LogP contribution < -0.4 is 19.7 Å². The maximum atomic E-state index is 12.8. The van der Waals surface area contributed by atoms with Gasteiger partial charge in [0.05, 0.1) is 25.5 Å². The summed E-state index contributed by atoms with van der Waals surface area (Å²) >= 11 is 0. The van der Waals surface area contributed by atoms with E-state index in [2.05, 4.69) is 15.3 Å². The highest BCUT2D eigenvalue weighted by Gasteiger charge is 2.17. The van der Waals surface area contributed by atoms with Crippen LogP contribution in [0, 0.1) is 0 Å². The van der Waals surface area contributed by atoms with Crippen molar-refractivity contribution >= 4 is 23.2 Å². The zero-order valence-electron chi connectivity index (χ0n) is 16.0. The number of nitrogens with one attached hydrogen (secondary N) is 1. The van der Waals surface area contributed by atoms with E-state index in [0.717, 1.165) is 5.69 Å². The number of methoxy groups -OCH3 is 2. The summed E-state index contributed by atoms with van der Waals surface area (Å²) in [5.41, 5.74) is 1.91. The van der Waals surface area contributed by atoms with E-state index < -0.39 is 0 Å². The number of hydrogen-bond acceptors (Lipinski definition) is 6. The standard InChI is InChI=1S/C21H22N4O3/c1-4-25(16-8-6-5-7-9-16)20(26)15-13-22-21(23-14-15)24-18-12-17(27-2)10-11-19(18)28-3/h5-14H,4H2,1-3H3,(H,22,23,24). The van der Waals surface area contributed by atoms with Crippen LogP contribution in [0.15, 0.2) is 60.9 Å². The number of amides is 1. The first kappa shape index (κ1) is 19.2. The SMILES string of the molecule is CCN(C(=O)c1cnc(Nc2cc(OC)ccc2OC)nc1)c1ccccc1. The van der Waals surface area contributed by atoms with E-state index in [0.29, 0.717) is 35.2 Å². The quantitative estimate of drug-likeness (QED) is 0.672. The fraction of sp³-hybridized carbons (Fsp3) is 0.190. The third kappa shape index (κ3) is 4.20. The van der Waals surface area contributed by atoms with Gasteiger partial charge in [0, 0.05) is 30.7 Å². The monoisotopic (exact) mass is 378 g/mol. The summed E-state index contributed by atoms with van der Waals surface area (Å²) in [6.07, 6.45) is 3.02. The van der Waals surface area contributed by atoms with Gasteiger partial charge in [-0.15, -0.1) is 0 Å². The van der Waals surface area contributed by atoms with Crippen molar-refractivity contribution in [2.24, 2.45) is 0 Å². The number of para-hydroxylation sites is 1. The van der Waals surface area contributed by atoms with Gasteiger partial charge < -0.3 is 19.7 Å². The Balaban J connectivity index is 1.79. The Morgan fingerprint density at radius 2 is 1.75 bits per heavy atom. The molecule has 0 aliphatic rings. The second-order valence-electron chi connectivity index (χ2n) is 5.87. The van der Waals surface area contributed by atoms with Crippen molar-refractivity contribution in [1.82, 2.24) is 9.97 Å². The lowest BCUT2D eigenvalue weighted by atomic mass is 10.2. The fourth-order valence-electron chi connectivity index (χ4n) is 2.74. The molecule has 3 rings (SSSR count). The second-order valence-corrected chi connectivity index (χ2v) is 5.87. The van der Waals surface area contributed by atoms with E-state index in [4.69, 9.17) is 9.47 Å². The molecule has 1 heterocycles. The van der Waals surface area contributed by atoms with Crippen molar-refractivity contribution in [3.8, 4) is 11.5 Å². The Bertz CT molecular complexity index is 930. The van der Waals surface area contributed by atoms with Crippen LogP contribution in [0.5, 0.6) is 11.5 Å². The molecule has 1 amide bonds. The van der Waals surface area contributed by atoms with E-state index in [-0.39, 0.29) is 5.91 Å². The van der Waals surface area contributed by atoms with Crippen LogP contribution in [-0.4, -0.2) is 36.6 Å². The molecular weight excluding hydrogens is 356 g/mol. The molecule has 2 aromatic carbocycles. The smallest absolute Gasteiger partial charge is 0.261 e. The van der Waals surface area contributed by atoms with E-state index in [9.17, 15) is 4.79 Å². The van der Waals surface area contributed by atoms with Crippen LogP contribution >= 0.6 is 0 Å². The molecule has 0 spiro atoms. The fourth-order valence-corrected chi connectivity index (χ4v) is 2.74. The van der Waals surface area contributed by atoms with Gasteiger partial charge in [-0.2, -0.15) is 0 Å². The molecule has 0 radical (unpaired) electrons. The summed E-state index contributed by atoms with van der Waals surface area (Å²) in [6.45, 7) is 2.47. The molecule has 28 heavy (non-hydrogen) atoms. The molecule has 7 heteroatoms. The number of ether oxygens (including phenoxy) is 2. The number of carbonyl (C=O) groups excluding carboxylic acids is 1. The minimum absolute atomic E-state index is 0.154. The van der Waals surface area contributed by atoms with Crippen LogP contribution in [0.2, 0.25) is 0 Å². The Kier molecular flexibility index (Phi) is 6.06. The molecule has 144 valence electrons. The highest BCUT2D eigenvalue weighted by Crippen LogP contribution is 2.30. The normalized spacial score (nSPS) is 10.2. The van der Waals surface area contributed by atoms with Gasteiger partial charge in [0.25, 0.3) is 5.91 Å². The first-order valence-electron chi connectivity index (χ1n) is 8.84. The topological polar surface area (TPSA) is 76.6 Å². The van der Waals surface area contributed by atoms with E-state index >= 15 is 0 Å². The molecular formula is C21H22N4O3. The highest BCUT2D eigenvalue weighted by molar-refractivity contribution is 6.05. The lowest BCUT2D eigenvalue weighted by molar-refractivity contribution is 0.0987. The summed E-state index contributed by atoms with van der Waals surface area (Å²) in [6, 6.07) is 14.9. The Hall–Kier alpha value is -3.61. The van der Waals surface area contributed by atoms with Crippen LogP contribution in [-0.2, 0) is 0 Å². The third-order valence-electron chi connectivity index (χ3n) is 4.18. The van der Waals surface area contributed by atoms with Gasteiger partial charge in [-0.3, -0.25) is 4.79 Å². The highest BCUT2D eigenvalue weighted by atomic mass is 16.5. The molecule has 0 fully saturated rings. The van der Waals surface area contributed by atoms with E-state index in [1.54, 1.807) is 37.3 Å². The largest absolute Gasteiger partial charge is 0.497 e. The average Bonchev–Trinajstić information content (AvgIpc) is 2.75. The molecule has 0 bridgehead atoms. The van der Waals surface area contributed by atoms with Gasteiger partial charge in [0.1, 0.15) is 11.5 Å². The van der Waals surface area contributed by atoms with Gasteiger partial charge in [0.2, 0.25) is 5.95 Å². The maximum Gasteiger partial charge on any atom is 0.261 e. The summed E-state index contributed by atoms with van der Waals surface area (Å²) in [4.78, 5) is 23.0. The first-order valence-corrected chi connectivity index (χ1v) is 8.84. The number of aromatic nitrogens is 2. The molecule has 7 nitrogen and oxygen atoms in total. The van der Waals surface area contributed by atoms with Crippen molar-refractivity contribution in [2.75, 3.05) is 31.0 Å². The van der Waals surface area contributed by atoms with Crippen molar-refractivity contribution < 1.29 is 14.3 Å². The second kappa shape index (κ2) is 8.85. The number of hydrogen-bond donors (Lipinski definition) is 1. The number of anilines is 3. The summed E-state index contributed by atoms with van der Waals surface area (Å²) in [5, 5.41) is 3.09. The minimum Gasteiger partial charge on any atom is -0.497 e. The molecule has 1 aromatic heterocycles. The van der Waals surface area contributed by atoms with Crippen LogP contribution in [0.4, 0.5) is 17.3 Å². The lowest BCUT2D eigenvalue weighted by Crippen LogP contribution is -2.30. The summed E-state index contributed by atoms with van der Waals surface area (Å²) < 4.78 is 10.6. The van der Waals surface area contributed by atoms with Crippen LogP contribution in [0.3, 0.4) is 0 Å². The molecule has 1 N–H and O–H groups in total. The van der Waals surface area contributed by atoms with Crippen LogP contribution in [0.1, 0.15) is 17.3 Å². The Morgan fingerprint density at radius 1 is 1.04 bits per heavy atom. The predicted molar refractivity (Wildman–Crippen MR) is 109 cm³/mol. The Labute approximate surface area is 164 Å². The number of nitrogens with zero attached hydrogens (tertiary/aromatic N) is 3. The minimum atomic E-state index is -0.154. The van der Waals surface area contributed by atoms with Crippen molar-refractivity contribution in [3.63, 3.8) is 0 Å². The summed E-state index contributed by atoms with van der Waals surface area (Å²) in [5.74, 6) is 1.51. The van der Waals surface area contributed by atoms with Crippen molar-refractivity contribution in [2.45, 2.75) is 6.92 Å². The molecule has 0 unspecified atom stereocenters. The first-order chi connectivity index (χ1) is 13.7. The van der Waals surface area contributed by atoms with Gasteiger partial charge >= 0.3 is 0 Å². The molecule has 0 aliphatic carbocycles. The molecule has 0 aliphatic heterocycles. The molecule has 0 atom stereocenters. The maximum absolute atomic E-state index is 12.8. The van der Waals surface area contributed by atoms with Crippen LogP contribution in [0.25, 0.3) is 0 Å². The lowest BCUT2D eigenvalue weighted by Gasteiger charge is -2.20. The van der Waals surface area contributed by atoms with Crippen molar-refractivity contribution in [1.29, 1.82) is 0 Å². The third-order valence-corrected chi connectivity index (χ3v) is 4.18. The molecule has 0 saturated carbocycles. The molecule has 0 saturated heterocycles. The predicted octanol–water partition coefficient (Wildman–Crippen LogP) is 3.90. The van der Waals surface area contributed by atoms with E-state index in [1.165, 1.54) is 12.4 Å². The number of benzene rings is 2. The van der Waals surface area contributed by atoms with Gasteiger partial charge in [-0.05, 0) is 31.2 Å². The van der Waals surface area contributed by atoms with Gasteiger partial charge in [-0.1, -0.05) is 18.2 Å². The molecule has 3 aromatic rings. The van der Waals surface area contributed by atoms with Gasteiger partial charge in [0.15, 0.2) is 0 Å². The van der Waals surface area contributed by atoms with E-state index in [1.807, 2.05) is 37.3 Å². The summed E-state index contributed by atoms with van der Waals surface area (Å²) in [7, 11) is 3.17. The number of carbonyl (C=O) groups is 1.